The highest BCUT2D eigenvalue weighted by Gasteiger charge is 2.15. The van der Waals surface area contributed by atoms with E-state index in [1.807, 2.05) is 6.07 Å². The van der Waals surface area contributed by atoms with Crippen molar-refractivity contribution in [2.45, 2.75) is 0 Å². The predicted molar refractivity (Wildman–Crippen MR) is 126 cm³/mol. The van der Waals surface area contributed by atoms with Gasteiger partial charge in [0.05, 0.1) is 11.0 Å². The molecule has 34 heavy (non-hydrogen) atoms. The van der Waals surface area contributed by atoms with E-state index in [9.17, 15) is 18.0 Å². The van der Waals surface area contributed by atoms with Gasteiger partial charge in [-0.1, -0.05) is 30.3 Å². The normalized spacial score (nSPS) is 12.4. The van der Waals surface area contributed by atoms with Crippen LogP contribution in [0.25, 0.3) is 6.08 Å². The minimum Gasteiger partial charge on any atom is -0.454 e. The van der Waals surface area contributed by atoms with E-state index in [0.29, 0.717) is 17.2 Å². The topological polar surface area (TPSA) is 120 Å². The molecular weight excluding hydrogens is 460 g/mol. The van der Waals surface area contributed by atoms with Crippen LogP contribution in [0, 0.1) is 0 Å². The summed E-state index contributed by atoms with van der Waals surface area (Å²) < 4.78 is 42.3. The van der Waals surface area contributed by atoms with E-state index in [4.69, 9.17) is 14.2 Å². The fourth-order valence-electron chi connectivity index (χ4n) is 2.99. The lowest BCUT2D eigenvalue weighted by atomic mass is 10.2. The fraction of sp³-hybridized carbons (Fsp3) is 0.0833. The quantitative estimate of drug-likeness (QED) is 0.473. The predicted octanol–water partition coefficient (Wildman–Crippen LogP) is 3.62. The molecule has 1 amide bonds. The minimum atomic E-state index is -3.74. The molecule has 0 saturated heterocycles. The van der Waals surface area contributed by atoms with E-state index in [1.165, 1.54) is 30.3 Å². The van der Waals surface area contributed by atoms with E-state index in [0.717, 1.165) is 11.0 Å². The molecule has 0 aromatic heterocycles. The van der Waals surface area contributed by atoms with Crippen LogP contribution < -0.4 is 19.5 Å². The van der Waals surface area contributed by atoms with Crippen LogP contribution in [-0.2, 0) is 19.6 Å². The van der Waals surface area contributed by atoms with E-state index in [1.54, 1.807) is 42.5 Å². The molecule has 0 unspecified atom stereocenters. The van der Waals surface area contributed by atoms with Crippen LogP contribution in [0.4, 0.5) is 11.4 Å². The number of nitrogens with one attached hydrogen (secondary N) is 2. The Morgan fingerprint density at radius 1 is 0.912 bits per heavy atom. The highest BCUT2D eigenvalue weighted by Crippen LogP contribution is 2.34. The molecule has 0 spiro atoms. The summed E-state index contributed by atoms with van der Waals surface area (Å²) in [7, 11) is -3.74. The Bertz CT molecular complexity index is 1320. The van der Waals surface area contributed by atoms with Gasteiger partial charge in [-0.05, 0) is 48.0 Å². The van der Waals surface area contributed by atoms with E-state index < -0.39 is 28.5 Å². The van der Waals surface area contributed by atoms with Crippen molar-refractivity contribution in [2.24, 2.45) is 0 Å². The highest BCUT2D eigenvalue weighted by atomic mass is 32.2. The third kappa shape index (κ3) is 6.14. The van der Waals surface area contributed by atoms with Gasteiger partial charge in [0, 0.05) is 17.4 Å². The van der Waals surface area contributed by atoms with Crippen molar-refractivity contribution < 1.29 is 32.2 Å². The molecule has 10 heteroatoms. The lowest BCUT2D eigenvalue weighted by molar-refractivity contribution is -0.119. The second kappa shape index (κ2) is 10.1. The molecule has 1 aliphatic rings. The highest BCUT2D eigenvalue weighted by molar-refractivity contribution is 7.95. The number of hydrogen-bond acceptors (Lipinski definition) is 7. The first kappa shape index (κ1) is 22.9. The largest absolute Gasteiger partial charge is 0.454 e. The van der Waals surface area contributed by atoms with Crippen LogP contribution in [0.2, 0.25) is 0 Å². The molecule has 3 aromatic carbocycles. The number of benzene rings is 3. The first-order valence-electron chi connectivity index (χ1n) is 10.1. The summed E-state index contributed by atoms with van der Waals surface area (Å²) in [6, 6.07) is 19.6. The molecule has 0 atom stereocenters. The number of amides is 1. The number of carbonyl (C=O) groups is 2. The molecular formula is C24H20N2O7S. The van der Waals surface area contributed by atoms with Gasteiger partial charge in [-0.25, -0.2) is 13.2 Å². The summed E-state index contributed by atoms with van der Waals surface area (Å²) in [6.45, 7) is -0.374. The maximum Gasteiger partial charge on any atom is 0.338 e. The van der Waals surface area contributed by atoms with Gasteiger partial charge in [0.15, 0.2) is 18.1 Å². The molecule has 3 aromatic rings. The number of fused-ring (bicyclic) bond motifs is 1. The van der Waals surface area contributed by atoms with Gasteiger partial charge in [0.25, 0.3) is 15.9 Å². The van der Waals surface area contributed by atoms with Crippen LogP contribution in [0.5, 0.6) is 11.5 Å². The van der Waals surface area contributed by atoms with Crippen molar-refractivity contribution in [2.75, 3.05) is 23.4 Å². The van der Waals surface area contributed by atoms with Crippen molar-refractivity contribution in [3.8, 4) is 11.5 Å². The van der Waals surface area contributed by atoms with Crippen molar-refractivity contribution in [1.29, 1.82) is 0 Å². The van der Waals surface area contributed by atoms with E-state index >= 15 is 0 Å². The zero-order valence-electron chi connectivity index (χ0n) is 17.8. The fourth-order valence-corrected chi connectivity index (χ4v) is 3.86. The summed E-state index contributed by atoms with van der Waals surface area (Å²) in [5.41, 5.74) is 1.66. The van der Waals surface area contributed by atoms with Gasteiger partial charge >= 0.3 is 5.97 Å². The summed E-state index contributed by atoms with van der Waals surface area (Å²) >= 11 is 0. The summed E-state index contributed by atoms with van der Waals surface area (Å²) in [5.74, 6) is -0.149. The Labute approximate surface area is 196 Å². The minimum absolute atomic E-state index is 0.120. The van der Waals surface area contributed by atoms with Gasteiger partial charge in [-0.15, -0.1) is 0 Å². The molecule has 2 N–H and O–H groups in total. The number of carbonyl (C=O) groups excluding carboxylic acids is 2. The molecule has 9 nitrogen and oxygen atoms in total. The lowest BCUT2D eigenvalue weighted by Gasteiger charge is -2.08. The number of rotatable bonds is 8. The third-order valence-corrected chi connectivity index (χ3v) is 5.63. The molecule has 0 saturated carbocycles. The first-order valence-corrected chi connectivity index (χ1v) is 11.7. The SMILES string of the molecule is O=C(COC(=O)c1ccc(NS(=O)(=O)C=Cc2ccccc2)cc1)Nc1ccc2c(c1)OCO2. The number of esters is 1. The molecule has 0 fully saturated rings. The van der Waals surface area contributed by atoms with Gasteiger partial charge in [0.2, 0.25) is 6.79 Å². The van der Waals surface area contributed by atoms with Crippen LogP contribution in [-0.4, -0.2) is 33.7 Å². The van der Waals surface area contributed by atoms with Crippen molar-refractivity contribution in [1.82, 2.24) is 0 Å². The Morgan fingerprint density at radius 3 is 2.38 bits per heavy atom. The Morgan fingerprint density at radius 2 is 1.62 bits per heavy atom. The summed E-state index contributed by atoms with van der Waals surface area (Å²) in [6.07, 6.45) is 1.47. The Hall–Kier alpha value is -4.31. The number of anilines is 2. The monoisotopic (exact) mass is 480 g/mol. The molecule has 4 rings (SSSR count). The smallest absolute Gasteiger partial charge is 0.338 e. The number of sulfonamides is 1. The van der Waals surface area contributed by atoms with Gasteiger partial charge in [-0.3, -0.25) is 9.52 Å². The van der Waals surface area contributed by atoms with Crippen LogP contribution in [0.3, 0.4) is 0 Å². The van der Waals surface area contributed by atoms with Gasteiger partial charge < -0.3 is 19.5 Å². The average Bonchev–Trinajstić information content (AvgIpc) is 3.30. The maximum atomic E-state index is 12.2. The molecule has 1 heterocycles. The molecule has 0 aliphatic carbocycles. The second-order valence-electron chi connectivity index (χ2n) is 7.13. The van der Waals surface area contributed by atoms with Crippen LogP contribution in [0.1, 0.15) is 15.9 Å². The number of ether oxygens (including phenoxy) is 3. The zero-order valence-corrected chi connectivity index (χ0v) is 18.6. The molecule has 0 bridgehead atoms. The van der Waals surface area contributed by atoms with E-state index in [2.05, 4.69) is 10.0 Å². The number of hydrogen-bond donors (Lipinski definition) is 2. The standard InChI is InChI=1S/C24H20N2O7S/c27-23(25-20-10-11-21-22(14-20)33-16-32-21)15-31-24(28)18-6-8-19(9-7-18)26-34(29,30)13-12-17-4-2-1-3-5-17/h1-14,26H,15-16H2,(H,25,27). The van der Waals surface area contributed by atoms with E-state index in [-0.39, 0.29) is 18.0 Å². The molecule has 0 radical (unpaired) electrons. The van der Waals surface area contributed by atoms with Crippen molar-refractivity contribution >= 4 is 39.4 Å². The zero-order chi connectivity index (χ0) is 24.0. The van der Waals surface area contributed by atoms with Crippen molar-refractivity contribution in [3.63, 3.8) is 0 Å². The summed E-state index contributed by atoms with van der Waals surface area (Å²) in [4.78, 5) is 24.3. The second-order valence-corrected chi connectivity index (χ2v) is 8.70. The van der Waals surface area contributed by atoms with Crippen LogP contribution in [0.15, 0.2) is 78.2 Å². The molecule has 174 valence electrons. The Balaban J connectivity index is 1.28. The summed E-state index contributed by atoms with van der Waals surface area (Å²) in [5, 5.41) is 3.66. The average molecular weight is 480 g/mol. The van der Waals surface area contributed by atoms with Crippen LogP contribution >= 0.6 is 0 Å². The van der Waals surface area contributed by atoms with Gasteiger partial charge in [-0.2, -0.15) is 0 Å². The molecule has 1 aliphatic heterocycles. The van der Waals surface area contributed by atoms with Gasteiger partial charge in [0.1, 0.15) is 0 Å². The lowest BCUT2D eigenvalue weighted by Crippen LogP contribution is -2.20. The van der Waals surface area contributed by atoms with Crippen molar-refractivity contribution in [3.05, 3.63) is 89.3 Å². The third-order valence-electron chi connectivity index (χ3n) is 4.61. The first-order chi connectivity index (χ1) is 16.4. The Kier molecular flexibility index (Phi) is 6.79. The maximum absolute atomic E-state index is 12.2.